The first-order chi connectivity index (χ1) is 10.2. The van der Waals surface area contributed by atoms with Crippen molar-refractivity contribution in [1.82, 2.24) is 0 Å². The molecular formula is C16H17ClO4. The van der Waals surface area contributed by atoms with Crippen molar-refractivity contribution in [1.29, 1.82) is 0 Å². The van der Waals surface area contributed by atoms with Gasteiger partial charge in [0.15, 0.2) is 11.5 Å². The Bertz CT molecular complexity index is 586. The molecule has 21 heavy (non-hydrogen) atoms. The van der Waals surface area contributed by atoms with Crippen LogP contribution in [0.25, 0.3) is 0 Å². The number of hydrogen-bond acceptors (Lipinski definition) is 4. The van der Waals surface area contributed by atoms with Gasteiger partial charge in [-0.05, 0) is 29.8 Å². The number of methoxy groups -OCH3 is 1. The van der Waals surface area contributed by atoms with E-state index in [1.54, 1.807) is 25.3 Å². The van der Waals surface area contributed by atoms with Crippen LogP contribution in [-0.2, 0) is 6.61 Å². The summed E-state index contributed by atoms with van der Waals surface area (Å²) in [6, 6.07) is 12.6. The average Bonchev–Trinajstić information content (AvgIpc) is 2.53. The number of halogens is 1. The molecule has 0 bridgehead atoms. The van der Waals surface area contributed by atoms with Gasteiger partial charge >= 0.3 is 0 Å². The van der Waals surface area contributed by atoms with Crippen molar-refractivity contribution in [3.63, 3.8) is 0 Å². The van der Waals surface area contributed by atoms with Gasteiger partial charge in [-0.15, -0.1) is 0 Å². The molecule has 0 fully saturated rings. The number of para-hydroxylation sites is 2. The molecule has 0 aromatic heterocycles. The summed E-state index contributed by atoms with van der Waals surface area (Å²) < 4.78 is 16.3. The van der Waals surface area contributed by atoms with Gasteiger partial charge in [0.1, 0.15) is 19.0 Å². The summed E-state index contributed by atoms with van der Waals surface area (Å²) in [6.45, 7) is 0.686. The summed E-state index contributed by atoms with van der Waals surface area (Å²) in [4.78, 5) is 0. The summed E-state index contributed by atoms with van der Waals surface area (Å²) in [5.41, 5.74) is 0.748. The van der Waals surface area contributed by atoms with Crippen molar-refractivity contribution in [3.05, 3.63) is 53.1 Å². The van der Waals surface area contributed by atoms with E-state index in [1.165, 1.54) is 0 Å². The smallest absolute Gasteiger partial charge is 0.161 e. The van der Waals surface area contributed by atoms with Crippen molar-refractivity contribution in [2.24, 2.45) is 0 Å². The molecule has 0 radical (unpaired) electrons. The lowest BCUT2D eigenvalue weighted by Crippen LogP contribution is -2.09. The summed E-state index contributed by atoms with van der Waals surface area (Å²) >= 11 is 6.05. The molecule has 0 heterocycles. The lowest BCUT2D eigenvalue weighted by Gasteiger charge is -2.12. The third-order valence-corrected chi connectivity index (χ3v) is 3.14. The number of ether oxygens (including phenoxy) is 3. The van der Waals surface area contributed by atoms with Gasteiger partial charge in [0.05, 0.1) is 18.7 Å². The first-order valence-corrected chi connectivity index (χ1v) is 6.90. The minimum absolute atomic E-state index is 0.0447. The molecule has 0 unspecified atom stereocenters. The average molecular weight is 309 g/mol. The van der Waals surface area contributed by atoms with Gasteiger partial charge < -0.3 is 19.3 Å². The maximum Gasteiger partial charge on any atom is 0.161 e. The van der Waals surface area contributed by atoms with Crippen molar-refractivity contribution in [2.45, 2.75) is 6.61 Å². The minimum Gasteiger partial charge on any atom is -0.493 e. The summed E-state index contributed by atoms with van der Waals surface area (Å²) in [7, 11) is 1.60. The predicted molar refractivity (Wildman–Crippen MR) is 81.4 cm³/mol. The Labute approximate surface area is 128 Å². The molecule has 4 nitrogen and oxygen atoms in total. The number of rotatable bonds is 7. The van der Waals surface area contributed by atoms with Crippen LogP contribution in [0.4, 0.5) is 0 Å². The number of aliphatic hydroxyl groups is 1. The minimum atomic E-state index is -0.0447. The zero-order chi connectivity index (χ0) is 15.1. The first-order valence-electron chi connectivity index (χ1n) is 6.52. The highest BCUT2D eigenvalue weighted by Crippen LogP contribution is 2.27. The predicted octanol–water partition coefficient (Wildman–Crippen LogP) is 3.30. The fourth-order valence-corrected chi connectivity index (χ4v) is 2.06. The van der Waals surface area contributed by atoms with Crippen LogP contribution < -0.4 is 14.2 Å². The maximum atomic E-state index is 9.01. The second-order valence-corrected chi connectivity index (χ2v) is 4.68. The Morgan fingerprint density at radius 1 is 0.952 bits per heavy atom. The molecule has 112 valence electrons. The third kappa shape index (κ3) is 4.28. The zero-order valence-electron chi connectivity index (χ0n) is 11.7. The topological polar surface area (TPSA) is 47.9 Å². The van der Waals surface area contributed by atoms with Gasteiger partial charge in [0.25, 0.3) is 0 Å². The largest absolute Gasteiger partial charge is 0.493 e. The second-order valence-electron chi connectivity index (χ2n) is 4.27. The summed E-state index contributed by atoms with van der Waals surface area (Å²) in [5, 5.41) is 9.48. The van der Waals surface area contributed by atoms with Crippen molar-refractivity contribution >= 4 is 11.6 Å². The van der Waals surface area contributed by atoms with E-state index in [4.69, 9.17) is 30.9 Å². The van der Waals surface area contributed by atoms with Gasteiger partial charge in [0.2, 0.25) is 0 Å². The zero-order valence-corrected chi connectivity index (χ0v) is 12.5. The van der Waals surface area contributed by atoms with Gasteiger partial charge in [-0.1, -0.05) is 29.8 Å². The Morgan fingerprint density at radius 3 is 2.24 bits per heavy atom. The van der Waals surface area contributed by atoms with E-state index in [9.17, 15) is 0 Å². The van der Waals surface area contributed by atoms with E-state index >= 15 is 0 Å². The second kappa shape index (κ2) is 7.76. The molecule has 2 aromatic rings. The van der Waals surface area contributed by atoms with Gasteiger partial charge in [0, 0.05) is 0 Å². The number of aliphatic hydroxyl groups excluding tert-OH is 1. The summed E-state index contributed by atoms with van der Waals surface area (Å²) in [5.74, 6) is 1.92. The highest BCUT2D eigenvalue weighted by atomic mass is 35.5. The van der Waals surface area contributed by atoms with Crippen molar-refractivity contribution in [2.75, 3.05) is 20.3 Å². The van der Waals surface area contributed by atoms with Crippen LogP contribution in [0.15, 0.2) is 42.5 Å². The fraction of sp³-hybridized carbons (Fsp3) is 0.250. The third-order valence-electron chi connectivity index (χ3n) is 2.85. The van der Waals surface area contributed by atoms with E-state index in [-0.39, 0.29) is 6.61 Å². The van der Waals surface area contributed by atoms with E-state index < -0.39 is 0 Å². The molecule has 0 amide bonds. The van der Waals surface area contributed by atoms with E-state index in [0.717, 1.165) is 5.56 Å². The molecule has 2 aromatic carbocycles. The van der Waals surface area contributed by atoms with E-state index in [1.807, 2.05) is 24.3 Å². The maximum absolute atomic E-state index is 9.01. The SMILES string of the molecule is COc1ccccc1OCCOc1ccc(CO)cc1Cl. The lowest BCUT2D eigenvalue weighted by atomic mass is 10.2. The molecule has 2 rings (SSSR count). The molecule has 0 aliphatic carbocycles. The highest BCUT2D eigenvalue weighted by molar-refractivity contribution is 6.32. The standard InChI is InChI=1S/C16H17ClO4/c1-19-15-4-2-3-5-16(15)21-9-8-20-14-7-6-12(11-18)10-13(14)17/h2-7,10,18H,8-9,11H2,1H3. The van der Waals surface area contributed by atoms with Crippen LogP contribution in [0.5, 0.6) is 17.2 Å². The van der Waals surface area contributed by atoms with Crippen LogP contribution in [0.2, 0.25) is 5.02 Å². The molecule has 0 saturated heterocycles. The van der Waals surface area contributed by atoms with Crippen LogP contribution >= 0.6 is 11.6 Å². The van der Waals surface area contributed by atoms with Crippen molar-refractivity contribution < 1.29 is 19.3 Å². The molecule has 0 saturated carbocycles. The fourth-order valence-electron chi connectivity index (χ4n) is 1.80. The number of hydrogen-bond donors (Lipinski definition) is 1. The lowest BCUT2D eigenvalue weighted by molar-refractivity contribution is 0.211. The number of benzene rings is 2. The quantitative estimate of drug-likeness (QED) is 0.797. The first kappa shape index (κ1) is 15.5. The highest BCUT2D eigenvalue weighted by Gasteiger charge is 2.05. The molecule has 0 spiro atoms. The molecular weight excluding hydrogens is 292 g/mol. The monoisotopic (exact) mass is 308 g/mol. The van der Waals surface area contributed by atoms with Gasteiger partial charge in [-0.25, -0.2) is 0 Å². The van der Waals surface area contributed by atoms with Gasteiger partial charge in [-0.2, -0.15) is 0 Å². The Balaban J connectivity index is 1.85. The van der Waals surface area contributed by atoms with Crippen LogP contribution in [-0.4, -0.2) is 25.4 Å². The van der Waals surface area contributed by atoms with E-state index in [2.05, 4.69) is 0 Å². The molecule has 0 aliphatic rings. The van der Waals surface area contributed by atoms with Gasteiger partial charge in [-0.3, -0.25) is 0 Å². The molecule has 5 heteroatoms. The van der Waals surface area contributed by atoms with E-state index in [0.29, 0.717) is 35.5 Å². The van der Waals surface area contributed by atoms with Crippen molar-refractivity contribution in [3.8, 4) is 17.2 Å². The summed E-state index contributed by atoms with van der Waals surface area (Å²) in [6.07, 6.45) is 0. The van der Waals surface area contributed by atoms with Crippen LogP contribution in [0.1, 0.15) is 5.56 Å². The van der Waals surface area contributed by atoms with Crippen LogP contribution in [0, 0.1) is 0 Å². The Kier molecular flexibility index (Phi) is 5.72. The van der Waals surface area contributed by atoms with Crippen LogP contribution in [0.3, 0.4) is 0 Å². The Hall–Kier alpha value is -1.91. The molecule has 0 atom stereocenters. The Morgan fingerprint density at radius 2 is 1.62 bits per heavy atom. The normalized spacial score (nSPS) is 10.2. The molecule has 0 aliphatic heterocycles. The molecule has 1 N–H and O–H groups in total.